The Balaban J connectivity index is 2.39. The maximum Gasteiger partial charge on any atom is 0.434 e. The highest BCUT2D eigenvalue weighted by atomic mass is 19.4. The summed E-state index contributed by atoms with van der Waals surface area (Å²) in [6, 6.07) is 0. The van der Waals surface area contributed by atoms with Crippen molar-refractivity contribution in [2.24, 2.45) is 5.92 Å². The number of imidazole rings is 1. The highest BCUT2D eigenvalue weighted by molar-refractivity contribution is 5.63. The minimum Gasteiger partial charge on any atom is -0.367 e. The molecule has 0 spiro atoms. The second-order valence-electron chi connectivity index (χ2n) is 4.41. The molecule has 0 aliphatic heterocycles. The van der Waals surface area contributed by atoms with E-state index in [0.29, 0.717) is 18.3 Å². The quantitative estimate of drug-likeness (QED) is 0.920. The van der Waals surface area contributed by atoms with Gasteiger partial charge in [0.05, 0.1) is 0 Å². The van der Waals surface area contributed by atoms with Gasteiger partial charge in [-0.2, -0.15) is 13.2 Å². The first-order valence-corrected chi connectivity index (χ1v) is 5.52. The molecule has 0 saturated heterocycles. The molecule has 0 radical (unpaired) electrons. The summed E-state index contributed by atoms with van der Waals surface area (Å²) in [6.07, 6.45) is -0.603. The number of hydrogen-bond donors (Lipinski definition) is 1. The molecule has 2 aromatic heterocycles. The molecule has 0 saturated carbocycles. The first-order valence-electron chi connectivity index (χ1n) is 5.52. The number of anilines is 1. The Morgan fingerprint density at radius 1 is 1.39 bits per heavy atom. The van der Waals surface area contributed by atoms with Crippen LogP contribution in [0.2, 0.25) is 0 Å². The van der Waals surface area contributed by atoms with E-state index in [1.54, 1.807) is 0 Å². The van der Waals surface area contributed by atoms with E-state index in [9.17, 15) is 13.2 Å². The maximum atomic E-state index is 12.6. The molecule has 2 rings (SSSR count). The third-order valence-corrected chi connectivity index (χ3v) is 2.34. The van der Waals surface area contributed by atoms with Crippen molar-refractivity contribution < 1.29 is 13.2 Å². The zero-order chi connectivity index (χ0) is 13.3. The zero-order valence-electron chi connectivity index (χ0n) is 9.99. The van der Waals surface area contributed by atoms with Crippen molar-refractivity contribution >= 4 is 11.5 Å². The minimum atomic E-state index is -4.44. The largest absolute Gasteiger partial charge is 0.434 e. The van der Waals surface area contributed by atoms with Gasteiger partial charge >= 0.3 is 6.18 Å². The van der Waals surface area contributed by atoms with Gasteiger partial charge in [-0.15, -0.1) is 0 Å². The van der Waals surface area contributed by atoms with Gasteiger partial charge < -0.3 is 9.72 Å². The molecule has 4 nitrogen and oxygen atoms in total. The van der Waals surface area contributed by atoms with Gasteiger partial charge in [0.25, 0.3) is 0 Å². The monoisotopic (exact) mass is 258 g/mol. The molecule has 18 heavy (non-hydrogen) atoms. The Bertz CT molecular complexity index is 545. The average molecular weight is 258 g/mol. The Kier molecular flexibility index (Phi) is 3.14. The lowest BCUT2D eigenvalue weighted by atomic mass is 10.2. The molecule has 0 fully saturated rings. The average Bonchev–Trinajstić information content (AvgIpc) is 2.69. The topological polar surface area (TPSA) is 42.2 Å². The highest BCUT2D eigenvalue weighted by Gasteiger charge is 2.34. The number of nitrogens with zero attached hydrogens (tertiary/aromatic N) is 3. The molecule has 0 amide bonds. The fourth-order valence-corrected chi connectivity index (χ4v) is 1.48. The molecule has 0 aliphatic rings. The molecule has 2 aromatic rings. The van der Waals surface area contributed by atoms with Crippen molar-refractivity contribution in [2.75, 3.05) is 11.9 Å². The number of fused-ring (bicyclic) bond motifs is 1. The Hall–Kier alpha value is -1.79. The molecule has 1 N–H and O–H groups in total. The standard InChI is InChI=1S/C11H13F3N4/c1-7(2)5-16-9-10-17-8(11(12,13)14)6-18(10)4-3-15-9/h3-4,6-7H,5H2,1-2H3,(H,15,16). The summed E-state index contributed by atoms with van der Waals surface area (Å²) in [5.41, 5.74) is -0.728. The van der Waals surface area contributed by atoms with E-state index in [-0.39, 0.29) is 5.65 Å². The molecule has 0 unspecified atom stereocenters. The summed E-state index contributed by atoms with van der Waals surface area (Å²) >= 11 is 0. The van der Waals surface area contributed by atoms with E-state index < -0.39 is 11.9 Å². The minimum absolute atomic E-state index is 0.186. The second-order valence-corrected chi connectivity index (χ2v) is 4.41. The third kappa shape index (κ3) is 2.55. The first-order chi connectivity index (χ1) is 8.38. The van der Waals surface area contributed by atoms with E-state index in [4.69, 9.17) is 0 Å². The van der Waals surface area contributed by atoms with Gasteiger partial charge in [0.1, 0.15) is 0 Å². The van der Waals surface area contributed by atoms with Crippen LogP contribution >= 0.6 is 0 Å². The summed E-state index contributed by atoms with van der Waals surface area (Å²) < 4.78 is 39.0. The summed E-state index contributed by atoms with van der Waals surface area (Å²) in [7, 11) is 0. The van der Waals surface area contributed by atoms with Crippen molar-refractivity contribution in [3.63, 3.8) is 0 Å². The van der Waals surface area contributed by atoms with Crippen LogP contribution in [0.25, 0.3) is 5.65 Å². The van der Waals surface area contributed by atoms with Crippen molar-refractivity contribution in [3.8, 4) is 0 Å². The lowest BCUT2D eigenvalue weighted by Gasteiger charge is -2.08. The van der Waals surface area contributed by atoms with Crippen molar-refractivity contribution in [1.82, 2.24) is 14.4 Å². The number of halogens is 3. The van der Waals surface area contributed by atoms with Crippen LogP contribution in [0.1, 0.15) is 19.5 Å². The van der Waals surface area contributed by atoms with Gasteiger partial charge in [-0.1, -0.05) is 13.8 Å². The summed E-state index contributed by atoms with van der Waals surface area (Å²) in [5.74, 6) is 0.728. The van der Waals surface area contributed by atoms with Gasteiger partial charge in [0, 0.05) is 25.1 Å². The molecular weight excluding hydrogens is 245 g/mol. The van der Waals surface area contributed by atoms with Crippen LogP contribution in [0, 0.1) is 5.92 Å². The predicted molar refractivity (Wildman–Crippen MR) is 61.3 cm³/mol. The van der Waals surface area contributed by atoms with Gasteiger partial charge in [0.15, 0.2) is 17.2 Å². The Morgan fingerprint density at radius 2 is 2.11 bits per heavy atom. The molecule has 0 atom stereocenters. The predicted octanol–water partition coefficient (Wildman–Crippen LogP) is 2.82. The van der Waals surface area contributed by atoms with Crippen LogP contribution in [-0.4, -0.2) is 20.9 Å². The summed E-state index contributed by atoms with van der Waals surface area (Å²) in [6.45, 7) is 4.63. The van der Waals surface area contributed by atoms with Crippen LogP contribution < -0.4 is 5.32 Å². The SMILES string of the molecule is CC(C)CNc1nccn2cc(C(F)(F)F)nc12. The molecule has 2 heterocycles. The van der Waals surface area contributed by atoms with E-state index >= 15 is 0 Å². The smallest absolute Gasteiger partial charge is 0.367 e. The Morgan fingerprint density at radius 3 is 2.72 bits per heavy atom. The number of rotatable bonds is 3. The molecular formula is C11H13F3N4. The van der Waals surface area contributed by atoms with E-state index in [2.05, 4.69) is 15.3 Å². The van der Waals surface area contributed by atoms with Gasteiger partial charge in [-0.05, 0) is 5.92 Å². The van der Waals surface area contributed by atoms with Crippen LogP contribution in [-0.2, 0) is 6.18 Å². The number of hydrogen-bond acceptors (Lipinski definition) is 3. The van der Waals surface area contributed by atoms with Crippen LogP contribution in [0.5, 0.6) is 0 Å². The Labute approximate surface area is 102 Å². The second kappa shape index (κ2) is 4.47. The fourth-order valence-electron chi connectivity index (χ4n) is 1.48. The van der Waals surface area contributed by atoms with Crippen molar-refractivity contribution in [1.29, 1.82) is 0 Å². The van der Waals surface area contributed by atoms with Crippen LogP contribution in [0.15, 0.2) is 18.6 Å². The molecule has 98 valence electrons. The number of alkyl halides is 3. The molecule has 0 aliphatic carbocycles. The lowest BCUT2D eigenvalue weighted by Crippen LogP contribution is -2.10. The maximum absolute atomic E-state index is 12.6. The third-order valence-electron chi connectivity index (χ3n) is 2.34. The van der Waals surface area contributed by atoms with Gasteiger partial charge in [-0.25, -0.2) is 9.97 Å². The van der Waals surface area contributed by atoms with Crippen LogP contribution in [0.4, 0.5) is 19.0 Å². The van der Waals surface area contributed by atoms with E-state index in [1.807, 2.05) is 13.8 Å². The van der Waals surface area contributed by atoms with Gasteiger partial charge in [-0.3, -0.25) is 0 Å². The van der Waals surface area contributed by atoms with Crippen LogP contribution in [0.3, 0.4) is 0 Å². The normalized spacial score (nSPS) is 12.3. The first kappa shape index (κ1) is 12.7. The number of nitrogens with one attached hydrogen (secondary N) is 1. The highest BCUT2D eigenvalue weighted by Crippen LogP contribution is 2.29. The summed E-state index contributed by atoms with van der Waals surface area (Å²) in [4.78, 5) is 7.59. The number of aromatic nitrogens is 3. The fraction of sp³-hybridized carbons (Fsp3) is 0.455. The molecule has 7 heteroatoms. The van der Waals surface area contributed by atoms with Crippen molar-refractivity contribution in [3.05, 3.63) is 24.3 Å². The molecule has 0 bridgehead atoms. The lowest BCUT2D eigenvalue weighted by molar-refractivity contribution is -0.140. The molecule has 0 aromatic carbocycles. The summed E-state index contributed by atoms with van der Waals surface area (Å²) in [5, 5.41) is 2.99. The zero-order valence-corrected chi connectivity index (χ0v) is 9.99. The van der Waals surface area contributed by atoms with Gasteiger partial charge in [0.2, 0.25) is 0 Å². The van der Waals surface area contributed by atoms with E-state index in [0.717, 1.165) is 6.20 Å². The van der Waals surface area contributed by atoms with E-state index in [1.165, 1.54) is 16.8 Å². The van der Waals surface area contributed by atoms with Crippen molar-refractivity contribution in [2.45, 2.75) is 20.0 Å².